The minimum Gasteiger partial charge on any atom is -0.497 e. The number of nitrogens with zero attached hydrogens (tertiary/aromatic N) is 5. The molecule has 0 radical (unpaired) electrons. The Labute approximate surface area is 292 Å². The van der Waals surface area contributed by atoms with E-state index in [9.17, 15) is 19.2 Å². The summed E-state index contributed by atoms with van der Waals surface area (Å²) in [5, 5.41) is 7.16. The van der Waals surface area contributed by atoms with Gasteiger partial charge in [-0.05, 0) is 42.2 Å². The zero-order valence-electron chi connectivity index (χ0n) is 28.9. The number of hydrogen-bond acceptors (Lipinski definition) is 6. The number of fused-ring (bicyclic) bond motifs is 2. The van der Waals surface area contributed by atoms with Gasteiger partial charge in [-0.25, -0.2) is 14.8 Å². The van der Waals surface area contributed by atoms with Gasteiger partial charge in [0.25, 0.3) is 0 Å². The Morgan fingerprint density at radius 2 is 1.76 bits per heavy atom. The third-order valence-corrected chi connectivity index (χ3v) is 9.44. The molecule has 4 aromatic rings. The summed E-state index contributed by atoms with van der Waals surface area (Å²) in [6, 6.07) is 21.7. The van der Waals surface area contributed by atoms with Gasteiger partial charge in [0.1, 0.15) is 18.0 Å². The predicted molar refractivity (Wildman–Crippen MR) is 191 cm³/mol. The summed E-state index contributed by atoms with van der Waals surface area (Å²) in [5.41, 5.74) is 4.23. The lowest BCUT2D eigenvalue weighted by Crippen LogP contribution is -2.76. The van der Waals surface area contributed by atoms with Crippen LogP contribution in [0.4, 0.5) is 4.79 Å². The molecule has 3 heterocycles. The molecule has 2 fully saturated rings. The fraction of sp³-hybridized carbons (Fsp3) is 0.333. The summed E-state index contributed by atoms with van der Waals surface area (Å²) in [6.07, 6.45) is 3.91. The van der Waals surface area contributed by atoms with E-state index in [1.165, 1.54) is 0 Å². The number of rotatable bonds is 12. The number of piperazine rings is 1. The van der Waals surface area contributed by atoms with Gasteiger partial charge in [-0.1, -0.05) is 73.7 Å². The molecule has 11 nitrogen and oxygen atoms in total. The molecule has 2 atom stereocenters. The number of aromatic nitrogens is 1. The van der Waals surface area contributed by atoms with E-state index < -0.39 is 12.2 Å². The first-order valence-corrected chi connectivity index (χ1v) is 17.0. The number of benzene rings is 3. The molecule has 2 aliphatic rings. The third-order valence-electron chi connectivity index (χ3n) is 9.44. The largest absolute Gasteiger partial charge is 0.497 e. The van der Waals surface area contributed by atoms with Gasteiger partial charge in [-0.2, -0.15) is 0 Å². The summed E-state index contributed by atoms with van der Waals surface area (Å²) in [4.78, 5) is 58.7. The minimum atomic E-state index is -0.862. The average molecular weight is 677 g/mol. The maximum Gasteiger partial charge on any atom is 0.334 e. The van der Waals surface area contributed by atoms with Crippen molar-refractivity contribution in [2.24, 2.45) is 0 Å². The van der Waals surface area contributed by atoms with Crippen molar-refractivity contribution in [2.75, 3.05) is 26.7 Å². The zero-order chi connectivity index (χ0) is 35.4. The molecule has 0 aliphatic carbocycles. The molecule has 4 amide bonds. The Balaban J connectivity index is 1.40. The number of nitrogens with one attached hydrogen (secondary N) is 1. The van der Waals surface area contributed by atoms with Crippen molar-refractivity contribution < 1.29 is 23.9 Å². The molecule has 0 spiro atoms. The molecule has 2 saturated heterocycles. The second-order valence-electron chi connectivity index (χ2n) is 12.8. The monoisotopic (exact) mass is 676 g/mol. The summed E-state index contributed by atoms with van der Waals surface area (Å²) < 4.78 is 7.44. The van der Waals surface area contributed by atoms with Crippen molar-refractivity contribution in [3.63, 3.8) is 0 Å². The van der Waals surface area contributed by atoms with Crippen LogP contribution in [0.2, 0.25) is 0 Å². The fourth-order valence-corrected chi connectivity index (χ4v) is 7.15. The molecule has 0 bridgehead atoms. The van der Waals surface area contributed by atoms with Crippen LogP contribution in [-0.4, -0.2) is 87.0 Å². The van der Waals surface area contributed by atoms with Crippen LogP contribution in [0.1, 0.15) is 47.3 Å². The van der Waals surface area contributed by atoms with Crippen molar-refractivity contribution in [1.82, 2.24) is 29.7 Å². The van der Waals surface area contributed by atoms with Gasteiger partial charge in [0.2, 0.25) is 11.8 Å². The quantitative estimate of drug-likeness (QED) is 0.167. The Morgan fingerprint density at radius 3 is 2.44 bits per heavy atom. The SMILES string of the molecule is C=CCN1CC(=O)N2C(Cc3ccc(OC)cc3)C(=O)N(Cc3cccc4c(C(C)=O)cn(CCC)c34)C[C@@H]2N1C(=O)NCc1ccccc1. The van der Waals surface area contributed by atoms with E-state index in [1.54, 1.807) is 39.9 Å². The van der Waals surface area contributed by atoms with E-state index in [1.807, 2.05) is 79.0 Å². The van der Waals surface area contributed by atoms with Gasteiger partial charge in [0.05, 0.1) is 25.7 Å². The van der Waals surface area contributed by atoms with Gasteiger partial charge < -0.3 is 24.4 Å². The minimum absolute atomic E-state index is 0.0218. The van der Waals surface area contributed by atoms with Crippen molar-refractivity contribution in [3.8, 4) is 5.75 Å². The lowest BCUT2D eigenvalue weighted by Gasteiger charge is -2.55. The lowest BCUT2D eigenvalue weighted by molar-refractivity contribution is -0.189. The standard InChI is InChI=1S/C39H44N6O5/c1-5-19-41-24-33(27(3)46)32-14-10-13-30(37(32)41)23-42-25-35-44(34(38(42)48)21-28-15-17-31(50-4)18-16-28)36(47)26-43(20-6-2)45(35)39(49)40-22-29-11-8-7-9-12-29/h6-18,24,34-35H,2,5,19-23,25-26H2,1,3-4H3,(H,40,49)/t34?,35-/m0/s1. The van der Waals surface area contributed by atoms with E-state index in [0.717, 1.165) is 34.0 Å². The van der Waals surface area contributed by atoms with Crippen LogP contribution in [0, 0.1) is 0 Å². The van der Waals surface area contributed by atoms with Crippen LogP contribution in [-0.2, 0) is 35.6 Å². The highest BCUT2D eigenvalue weighted by atomic mass is 16.5. The molecule has 260 valence electrons. The second kappa shape index (κ2) is 15.0. The summed E-state index contributed by atoms with van der Waals surface area (Å²) in [7, 11) is 1.60. The molecule has 3 aromatic carbocycles. The first kappa shape index (κ1) is 34.4. The summed E-state index contributed by atoms with van der Waals surface area (Å²) in [5.74, 6) is 0.225. The number of amides is 4. The lowest BCUT2D eigenvalue weighted by atomic mass is 9.98. The van der Waals surface area contributed by atoms with Crippen molar-refractivity contribution in [3.05, 3.63) is 114 Å². The smallest absolute Gasteiger partial charge is 0.334 e. The van der Waals surface area contributed by atoms with E-state index in [-0.39, 0.29) is 56.2 Å². The highest BCUT2D eigenvalue weighted by molar-refractivity contribution is 6.07. The predicted octanol–water partition coefficient (Wildman–Crippen LogP) is 5.00. The number of urea groups is 1. The molecule has 50 heavy (non-hydrogen) atoms. The Bertz CT molecular complexity index is 1890. The molecular weight excluding hydrogens is 632 g/mol. The van der Waals surface area contributed by atoms with Crippen LogP contribution >= 0.6 is 0 Å². The van der Waals surface area contributed by atoms with Crippen LogP contribution in [0.15, 0.2) is 91.6 Å². The number of ether oxygens (including phenoxy) is 1. The Kier molecular flexibility index (Phi) is 10.3. The van der Waals surface area contributed by atoms with E-state index in [4.69, 9.17) is 4.74 Å². The van der Waals surface area contributed by atoms with Crippen LogP contribution < -0.4 is 10.1 Å². The number of carbonyl (C=O) groups excluding carboxylic acids is 4. The molecule has 6 rings (SSSR count). The van der Waals surface area contributed by atoms with Crippen molar-refractivity contribution >= 4 is 34.5 Å². The van der Waals surface area contributed by atoms with Gasteiger partial charge in [0.15, 0.2) is 5.78 Å². The van der Waals surface area contributed by atoms with Gasteiger partial charge in [0, 0.05) is 49.7 Å². The van der Waals surface area contributed by atoms with Crippen LogP contribution in [0.25, 0.3) is 10.9 Å². The maximum atomic E-state index is 14.6. The molecular formula is C39H44N6O5. The summed E-state index contributed by atoms with van der Waals surface area (Å²) in [6.45, 7) is 9.06. The average Bonchev–Trinajstić information content (AvgIpc) is 3.49. The van der Waals surface area contributed by atoms with Gasteiger partial charge in [-0.15, -0.1) is 6.58 Å². The zero-order valence-corrected chi connectivity index (χ0v) is 28.9. The highest BCUT2D eigenvalue weighted by Gasteiger charge is 2.51. The first-order valence-electron chi connectivity index (χ1n) is 17.0. The third kappa shape index (κ3) is 6.86. The molecule has 11 heteroatoms. The number of carbonyl (C=O) groups is 4. The number of methoxy groups -OCH3 is 1. The van der Waals surface area contributed by atoms with Crippen LogP contribution in [0.5, 0.6) is 5.75 Å². The first-order chi connectivity index (χ1) is 24.2. The number of hydrazine groups is 1. The maximum absolute atomic E-state index is 14.6. The molecule has 2 aliphatic heterocycles. The molecule has 1 unspecified atom stereocenters. The molecule has 0 saturated carbocycles. The normalized spacial score (nSPS) is 17.9. The fourth-order valence-electron chi connectivity index (χ4n) is 7.15. The molecule has 1 aromatic heterocycles. The Hall–Kier alpha value is -5.42. The number of hydrogen-bond donors (Lipinski definition) is 1. The summed E-state index contributed by atoms with van der Waals surface area (Å²) >= 11 is 0. The number of ketones is 1. The van der Waals surface area contributed by atoms with Crippen LogP contribution in [0.3, 0.4) is 0 Å². The number of Topliss-reactive ketones (excluding diaryl/α,β-unsaturated/α-hetero) is 1. The van der Waals surface area contributed by atoms with E-state index >= 15 is 0 Å². The van der Waals surface area contributed by atoms with E-state index in [2.05, 4.69) is 23.4 Å². The van der Waals surface area contributed by atoms with E-state index in [0.29, 0.717) is 24.4 Å². The Morgan fingerprint density at radius 1 is 1.00 bits per heavy atom. The molecule has 1 N–H and O–H groups in total. The number of aryl methyl sites for hydroxylation is 1. The topological polar surface area (TPSA) is 107 Å². The van der Waals surface area contributed by atoms with Gasteiger partial charge in [-0.3, -0.25) is 14.4 Å². The van der Waals surface area contributed by atoms with Crippen molar-refractivity contribution in [1.29, 1.82) is 0 Å². The highest BCUT2D eigenvalue weighted by Crippen LogP contribution is 2.32. The van der Waals surface area contributed by atoms with Crippen molar-refractivity contribution in [2.45, 2.75) is 58.5 Å². The van der Waals surface area contributed by atoms with Gasteiger partial charge >= 0.3 is 6.03 Å². The second-order valence-corrected chi connectivity index (χ2v) is 12.8. The number of para-hydroxylation sites is 1.